The van der Waals surface area contributed by atoms with E-state index in [1.807, 2.05) is 46.9 Å². The molecule has 2 aliphatic heterocycles. The Bertz CT molecular complexity index is 1030. The molecule has 2 aromatic heterocycles. The van der Waals surface area contributed by atoms with Gasteiger partial charge in [-0.3, -0.25) is 9.36 Å². The highest BCUT2D eigenvalue weighted by atomic mass is 16.2. The number of nitrogens with zero attached hydrogens (tertiary/aromatic N) is 6. The minimum atomic E-state index is -0.00715. The summed E-state index contributed by atoms with van der Waals surface area (Å²) in [5, 5.41) is 8.80. The van der Waals surface area contributed by atoms with E-state index in [1.54, 1.807) is 6.20 Å². The summed E-state index contributed by atoms with van der Waals surface area (Å²) in [6.07, 6.45) is 6.48. The van der Waals surface area contributed by atoms with Crippen LogP contribution in [0.1, 0.15) is 24.2 Å². The second kappa shape index (κ2) is 7.31. The predicted molar refractivity (Wildman–Crippen MR) is 111 cm³/mol. The maximum atomic E-state index is 13.2. The molecule has 7 nitrogen and oxygen atoms in total. The summed E-state index contributed by atoms with van der Waals surface area (Å²) in [6, 6.07) is 12.2. The van der Waals surface area contributed by atoms with Gasteiger partial charge in [-0.15, -0.1) is 10.2 Å². The number of hydrogen-bond acceptors (Lipinski definition) is 5. The SMILES string of the molecule is Cc1nccn1-c1ccc(N2CCCC(C(=O)N3CCc4ccccc43)C2)nn1. The number of carbonyl (C=O) groups excluding carboxylic acids is 1. The van der Waals surface area contributed by atoms with Crippen LogP contribution in [0.15, 0.2) is 48.8 Å². The first-order valence-corrected chi connectivity index (χ1v) is 10.2. The number of imidazole rings is 1. The Balaban J connectivity index is 1.31. The Labute approximate surface area is 170 Å². The van der Waals surface area contributed by atoms with Gasteiger partial charge >= 0.3 is 0 Å². The lowest BCUT2D eigenvalue weighted by Crippen LogP contribution is -2.45. The van der Waals surface area contributed by atoms with Crippen LogP contribution in [0, 0.1) is 12.8 Å². The van der Waals surface area contributed by atoms with Gasteiger partial charge in [-0.25, -0.2) is 4.98 Å². The fourth-order valence-corrected chi connectivity index (χ4v) is 4.41. The monoisotopic (exact) mass is 388 g/mol. The van der Waals surface area contributed by atoms with Crippen molar-refractivity contribution in [3.63, 3.8) is 0 Å². The van der Waals surface area contributed by atoms with Gasteiger partial charge < -0.3 is 9.80 Å². The van der Waals surface area contributed by atoms with Gasteiger partial charge in [0.05, 0.1) is 5.92 Å². The van der Waals surface area contributed by atoms with Crippen molar-refractivity contribution in [1.29, 1.82) is 0 Å². The van der Waals surface area contributed by atoms with Crippen LogP contribution in [-0.4, -0.2) is 45.3 Å². The Morgan fingerprint density at radius 1 is 1.07 bits per heavy atom. The molecule has 29 heavy (non-hydrogen) atoms. The molecule has 1 unspecified atom stereocenters. The first-order chi connectivity index (χ1) is 14.2. The third-order valence-corrected chi connectivity index (χ3v) is 5.96. The van der Waals surface area contributed by atoms with E-state index >= 15 is 0 Å². The summed E-state index contributed by atoms with van der Waals surface area (Å²) in [5.41, 5.74) is 2.35. The summed E-state index contributed by atoms with van der Waals surface area (Å²) in [5.74, 6) is 2.68. The minimum absolute atomic E-state index is 0.00715. The van der Waals surface area contributed by atoms with Gasteiger partial charge in [0.2, 0.25) is 5.91 Å². The molecule has 0 spiro atoms. The molecule has 1 atom stereocenters. The van der Waals surface area contributed by atoms with Crippen molar-refractivity contribution in [2.45, 2.75) is 26.2 Å². The summed E-state index contributed by atoms with van der Waals surface area (Å²) in [6.45, 7) is 4.31. The second-order valence-corrected chi connectivity index (χ2v) is 7.75. The van der Waals surface area contributed by atoms with E-state index in [4.69, 9.17) is 0 Å². The lowest BCUT2D eigenvalue weighted by molar-refractivity contribution is -0.122. The second-order valence-electron chi connectivity index (χ2n) is 7.75. The summed E-state index contributed by atoms with van der Waals surface area (Å²) < 4.78 is 1.91. The predicted octanol–water partition coefficient (Wildman–Crippen LogP) is 2.78. The first kappa shape index (κ1) is 17.8. The zero-order valence-corrected chi connectivity index (χ0v) is 16.5. The number of rotatable bonds is 3. The van der Waals surface area contributed by atoms with E-state index in [2.05, 4.69) is 32.2 Å². The van der Waals surface area contributed by atoms with Crippen LogP contribution >= 0.6 is 0 Å². The molecule has 1 amide bonds. The maximum absolute atomic E-state index is 13.2. The Kier molecular flexibility index (Phi) is 4.50. The molecule has 148 valence electrons. The Morgan fingerprint density at radius 3 is 2.69 bits per heavy atom. The van der Waals surface area contributed by atoms with Crippen molar-refractivity contribution in [3.8, 4) is 5.82 Å². The Morgan fingerprint density at radius 2 is 1.90 bits per heavy atom. The molecule has 3 aromatic rings. The number of para-hydroxylation sites is 1. The molecule has 1 fully saturated rings. The van der Waals surface area contributed by atoms with Crippen molar-refractivity contribution in [1.82, 2.24) is 19.7 Å². The lowest BCUT2D eigenvalue weighted by atomic mass is 9.96. The fraction of sp³-hybridized carbons (Fsp3) is 0.364. The van der Waals surface area contributed by atoms with Gasteiger partial charge in [0.25, 0.3) is 0 Å². The summed E-state index contributed by atoms with van der Waals surface area (Å²) >= 11 is 0. The number of amides is 1. The molecule has 0 aliphatic carbocycles. The fourth-order valence-electron chi connectivity index (χ4n) is 4.41. The van der Waals surface area contributed by atoms with Gasteiger partial charge in [0.15, 0.2) is 11.6 Å². The number of anilines is 2. The normalized spacial score (nSPS) is 18.7. The molecular formula is C22H24N6O. The van der Waals surface area contributed by atoms with Crippen LogP contribution in [0.4, 0.5) is 11.5 Å². The van der Waals surface area contributed by atoms with Crippen LogP contribution in [-0.2, 0) is 11.2 Å². The number of hydrogen-bond donors (Lipinski definition) is 0. The minimum Gasteiger partial charge on any atom is -0.354 e. The molecule has 0 bridgehead atoms. The number of fused-ring (bicyclic) bond motifs is 1. The standard InChI is InChI=1S/C22H24N6O/c1-16-23-11-14-27(16)21-9-8-20(24-25-21)26-12-4-6-18(15-26)22(29)28-13-10-17-5-2-3-7-19(17)28/h2-3,5,7-9,11,14,18H,4,6,10,12-13,15H2,1H3. The van der Waals surface area contributed by atoms with Crippen molar-refractivity contribution >= 4 is 17.4 Å². The zero-order valence-electron chi connectivity index (χ0n) is 16.5. The van der Waals surface area contributed by atoms with E-state index in [0.717, 1.165) is 55.5 Å². The smallest absolute Gasteiger partial charge is 0.231 e. The van der Waals surface area contributed by atoms with E-state index in [0.29, 0.717) is 6.54 Å². The van der Waals surface area contributed by atoms with E-state index < -0.39 is 0 Å². The molecule has 7 heteroatoms. The molecule has 1 aromatic carbocycles. The van der Waals surface area contributed by atoms with Crippen LogP contribution in [0.25, 0.3) is 5.82 Å². The number of carbonyl (C=O) groups is 1. The highest BCUT2D eigenvalue weighted by Crippen LogP contribution is 2.31. The van der Waals surface area contributed by atoms with E-state index in [-0.39, 0.29) is 11.8 Å². The molecule has 0 saturated carbocycles. The van der Waals surface area contributed by atoms with Gasteiger partial charge in [-0.2, -0.15) is 0 Å². The largest absolute Gasteiger partial charge is 0.354 e. The number of piperidine rings is 1. The average molecular weight is 388 g/mol. The molecule has 0 N–H and O–H groups in total. The Hall–Kier alpha value is -3.22. The molecule has 1 saturated heterocycles. The lowest BCUT2D eigenvalue weighted by Gasteiger charge is -2.34. The molecule has 5 rings (SSSR count). The van der Waals surface area contributed by atoms with Gasteiger partial charge in [0, 0.05) is 37.7 Å². The highest BCUT2D eigenvalue weighted by molar-refractivity contribution is 5.97. The highest BCUT2D eigenvalue weighted by Gasteiger charge is 2.33. The van der Waals surface area contributed by atoms with Crippen LogP contribution in [0.5, 0.6) is 0 Å². The molecular weight excluding hydrogens is 364 g/mol. The quantitative estimate of drug-likeness (QED) is 0.690. The third kappa shape index (κ3) is 3.26. The maximum Gasteiger partial charge on any atom is 0.231 e. The molecule has 4 heterocycles. The number of aryl methyl sites for hydroxylation is 1. The van der Waals surface area contributed by atoms with Crippen LogP contribution in [0.2, 0.25) is 0 Å². The number of aromatic nitrogens is 4. The molecule has 0 radical (unpaired) electrons. The van der Waals surface area contributed by atoms with Crippen molar-refractivity contribution in [2.75, 3.05) is 29.4 Å². The topological polar surface area (TPSA) is 67.2 Å². The number of benzene rings is 1. The first-order valence-electron chi connectivity index (χ1n) is 10.2. The van der Waals surface area contributed by atoms with Crippen molar-refractivity contribution < 1.29 is 4.79 Å². The average Bonchev–Trinajstić information content (AvgIpc) is 3.40. The van der Waals surface area contributed by atoms with Crippen molar-refractivity contribution in [2.24, 2.45) is 5.92 Å². The van der Waals surface area contributed by atoms with E-state index in [1.165, 1.54) is 5.56 Å². The van der Waals surface area contributed by atoms with Gasteiger partial charge in [0.1, 0.15) is 5.82 Å². The summed E-state index contributed by atoms with van der Waals surface area (Å²) in [7, 11) is 0. The van der Waals surface area contributed by atoms with Crippen LogP contribution < -0.4 is 9.80 Å². The summed E-state index contributed by atoms with van der Waals surface area (Å²) in [4.78, 5) is 21.6. The van der Waals surface area contributed by atoms with Crippen LogP contribution in [0.3, 0.4) is 0 Å². The third-order valence-electron chi connectivity index (χ3n) is 5.96. The van der Waals surface area contributed by atoms with E-state index in [9.17, 15) is 4.79 Å². The van der Waals surface area contributed by atoms with Gasteiger partial charge in [-0.05, 0) is 49.9 Å². The molecule has 2 aliphatic rings. The van der Waals surface area contributed by atoms with Crippen molar-refractivity contribution in [3.05, 3.63) is 60.2 Å². The van der Waals surface area contributed by atoms with Gasteiger partial charge in [-0.1, -0.05) is 18.2 Å². The zero-order chi connectivity index (χ0) is 19.8.